The van der Waals surface area contributed by atoms with Crippen LogP contribution in [0.4, 0.5) is 0 Å². The number of ether oxygens (including phenoxy) is 4. The second-order valence-corrected chi connectivity index (χ2v) is 3.26. The lowest BCUT2D eigenvalue weighted by Crippen LogP contribution is -2.06. The molecule has 1 unspecified atom stereocenters. The number of rotatable bonds is 6. The number of benzene rings is 1. The monoisotopic (exact) mass is 210 g/mol. The summed E-state index contributed by atoms with van der Waals surface area (Å²) in [6.07, 6.45) is 0.250. The third-order valence-corrected chi connectivity index (χ3v) is 2.01. The molecule has 82 valence electrons. The van der Waals surface area contributed by atoms with Gasteiger partial charge in [-0.1, -0.05) is 12.1 Å². The van der Waals surface area contributed by atoms with Gasteiger partial charge in [0.15, 0.2) is 18.3 Å². The number of para-hydroxylation sites is 2. The second-order valence-electron chi connectivity index (χ2n) is 3.26. The normalized spacial score (nSPS) is 18.6. The maximum absolute atomic E-state index is 5.55. The average Bonchev–Trinajstić information content (AvgIpc) is 3.08. The topological polar surface area (TPSA) is 40.2 Å². The quantitative estimate of drug-likeness (QED) is 0.526. The van der Waals surface area contributed by atoms with Gasteiger partial charge in [-0.3, -0.25) is 0 Å². The van der Waals surface area contributed by atoms with Crippen molar-refractivity contribution in [3.63, 3.8) is 0 Å². The van der Waals surface area contributed by atoms with Crippen LogP contribution in [0.5, 0.6) is 11.5 Å². The van der Waals surface area contributed by atoms with Gasteiger partial charge in [-0.25, -0.2) is 0 Å². The lowest BCUT2D eigenvalue weighted by atomic mass is 10.3. The molecule has 4 heteroatoms. The predicted molar refractivity (Wildman–Crippen MR) is 54.2 cm³/mol. The molecule has 0 N–H and O–H groups in total. The van der Waals surface area contributed by atoms with Crippen molar-refractivity contribution < 1.29 is 18.9 Å². The van der Waals surface area contributed by atoms with E-state index < -0.39 is 0 Å². The fourth-order valence-corrected chi connectivity index (χ4v) is 1.16. The molecule has 15 heavy (non-hydrogen) atoms. The molecule has 0 bridgehead atoms. The van der Waals surface area contributed by atoms with Crippen LogP contribution in [0.2, 0.25) is 0 Å². The Balaban J connectivity index is 1.93. The Morgan fingerprint density at radius 3 is 2.53 bits per heavy atom. The maximum Gasteiger partial charge on any atom is 0.188 e. The highest BCUT2D eigenvalue weighted by molar-refractivity contribution is 5.39. The average molecular weight is 210 g/mol. The van der Waals surface area contributed by atoms with E-state index in [9.17, 15) is 0 Å². The highest BCUT2D eigenvalue weighted by Crippen LogP contribution is 2.27. The van der Waals surface area contributed by atoms with Crippen LogP contribution in [0.25, 0.3) is 0 Å². The minimum atomic E-state index is 0.223. The van der Waals surface area contributed by atoms with Crippen molar-refractivity contribution in [2.24, 2.45) is 0 Å². The Bertz CT molecular complexity index is 309. The lowest BCUT2D eigenvalue weighted by Gasteiger charge is -2.10. The van der Waals surface area contributed by atoms with E-state index in [-0.39, 0.29) is 12.9 Å². The van der Waals surface area contributed by atoms with E-state index in [1.807, 2.05) is 24.3 Å². The molecule has 1 aliphatic heterocycles. The fourth-order valence-electron chi connectivity index (χ4n) is 1.16. The molecule has 1 fully saturated rings. The van der Waals surface area contributed by atoms with E-state index in [1.165, 1.54) is 0 Å². The highest BCUT2D eigenvalue weighted by atomic mass is 16.7. The second kappa shape index (κ2) is 5.00. The molecule has 0 aliphatic carbocycles. The minimum Gasteiger partial charge on any atom is -0.487 e. The zero-order chi connectivity index (χ0) is 10.5. The summed E-state index contributed by atoms with van der Waals surface area (Å²) in [5.41, 5.74) is 0. The van der Waals surface area contributed by atoms with Crippen molar-refractivity contribution in [3.8, 4) is 11.5 Å². The SMILES string of the molecule is COCOc1ccccc1OCC1CO1. The number of methoxy groups -OCH3 is 1. The first-order valence-electron chi connectivity index (χ1n) is 4.85. The first-order chi connectivity index (χ1) is 7.40. The Hall–Kier alpha value is -1.26. The molecule has 1 aromatic carbocycles. The van der Waals surface area contributed by atoms with Crippen LogP contribution in [0, 0.1) is 0 Å². The molecule has 1 aliphatic rings. The zero-order valence-electron chi connectivity index (χ0n) is 8.64. The van der Waals surface area contributed by atoms with Crippen LogP contribution in [-0.2, 0) is 9.47 Å². The molecule has 0 aromatic heterocycles. The number of epoxide rings is 1. The molecule has 0 amide bonds. The molecule has 4 nitrogen and oxygen atoms in total. The van der Waals surface area contributed by atoms with Gasteiger partial charge in [-0.05, 0) is 12.1 Å². The van der Waals surface area contributed by atoms with Crippen molar-refractivity contribution in [3.05, 3.63) is 24.3 Å². The summed E-state index contributed by atoms with van der Waals surface area (Å²) in [6, 6.07) is 7.52. The smallest absolute Gasteiger partial charge is 0.188 e. The van der Waals surface area contributed by atoms with Gasteiger partial charge in [-0.15, -0.1) is 0 Å². The number of hydrogen-bond acceptors (Lipinski definition) is 4. The summed E-state index contributed by atoms with van der Waals surface area (Å²) in [5.74, 6) is 1.42. The Kier molecular flexibility index (Phi) is 3.42. The van der Waals surface area contributed by atoms with Crippen molar-refractivity contribution in [1.29, 1.82) is 0 Å². The van der Waals surface area contributed by atoms with Gasteiger partial charge in [-0.2, -0.15) is 0 Å². The van der Waals surface area contributed by atoms with Crippen LogP contribution < -0.4 is 9.47 Å². The first kappa shape index (κ1) is 10.3. The third kappa shape index (κ3) is 3.11. The van der Waals surface area contributed by atoms with E-state index in [0.29, 0.717) is 12.4 Å². The van der Waals surface area contributed by atoms with Crippen LogP contribution >= 0.6 is 0 Å². The largest absolute Gasteiger partial charge is 0.487 e. The lowest BCUT2D eigenvalue weighted by molar-refractivity contribution is 0.0484. The van der Waals surface area contributed by atoms with Gasteiger partial charge in [0.25, 0.3) is 0 Å². The van der Waals surface area contributed by atoms with Crippen LogP contribution in [-0.4, -0.2) is 33.2 Å². The summed E-state index contributed by atoms with van der Waals surface area (Å²) in [5, 5.41) is 0. The third-order valence-electron chi connectivity index (χ3n) is 2.01. The van der Waals surface area contributed by atoms with Crippen molar-refractivity contribution in [1.82, 2.24) is 0 Å². The van der Waals surface area contributed by atoms with E-state index in [4.69, 9.17) is 18.9 Å². The molecular weight excluding hydrogens is 196 g/mol. The molecule has 0 saturated carbocycles. The Morgan fingerprint density at radius 2 is 1.93 bits per heavy atom. The van der Waals surface area contributed by atoms with Gasteiger partial charge in [0.05, 0.1) is 6.61 Å². The Labute approximate surface area is 88.7 Å². The molecule has 0 spiro atoms. The van der Waals surface area contributed by atoms with Gasteiger partial charge in [0.2, 0.25) is 0 Å². The van der Waals surface area contributed by atoms with Gasteiger partial charge >= 0.3 is 0 Å². The van der Waals surface area contributed by atoms with Crippen molar-refractivity contribution >= 4 is 0 Å². The first-order valence-corrected chi connectivity index (χ1v) is 4.85. The molecular formula is C11H14O4. The van der Waals surface area contributed by atoms with Crippen LogP contribution in [0.1, 0.15) is 0 Å². The molecule has 1 atom stereocenters. The van der Waals surface area contributed by atoms with Gasteiger partial charge < -0.3 is 18.9 Å². The molecule has 0 radical (unpaired) electrons. The summed E-state index contributed by atoms with van der Waals surface area (Å²) >= 11 is 0. The van der Waals surface area contributed by atoms with Crippen molar-refractivity contribution in [2.75, 3.05) is 27.1 Å². The molecule has 1 heterocycles. The van der Waals surface area contributed by atoms with Crippen molar-refractivity contribution in [2.45, 2.75) is 6.10 Å². The Morgan fingerprint density at radius 1 is 1.27 bits per heavy atom. The van der Waals surface area contributed by atoms with Gasteiger partial charge in [0.1, 0.15) is 12.7 Å². The zero-order valence-corrected chi connectivity index (χ0v) is 8.64. The standard InChI is InChI=1S/C11H14O4/c1-12-8-15-11-5-3-2-4-10(11)14-7-9-6-13-9/h2-5,9H,6-8H2,1H3. The number of hydrogen-bond donors (Lipinski definition) is 0. The summed E-state index contributed by atoms with van der Waals surface area (Å²) in [6.45, 7) is 1.59. The molecule has 1 aromatic rings. The predicted octanol–water partition coefficient (Wildman–Crippen LogP) is 1.45. The highest BCUT2D eigenvalue weighted by Gasteiger charge is 2.23. The fraction of sp³-hybridized carbons (Fsp3) is 0.455. The minimum absolute atomic E-state index is 0.223. The summed E-state index contributed by atoms with van der Waals surface area (Å²) in [7, 11) is 1.58. The molecule has 2 rings (SSSR count). The van der Waals surface area contributed by atoms with Crippen LogP contribution in [0.3, 0.4) is 0 Å². The van der Waals surface area contributed by atoms with E-state index in [0.717, 1.165) is 12.4 Å². The summed E-state index contributed by atoms with van der Waals surface area (Å²) < 4.78 is 20.8. The van der Waals surface area contributed by atoms with E-state index in [1.54, 1.807) is 7.11 Å². The summed E-state index contributed by atoms with van der Waals surface area (Å²) in [4.78, 5) is 0. The van der Waals surface area contributed by atoms with Gasteiger partial charge in [0, 0.05) is 7.11 Å². The maximum atomic E-state index is 5.55. The van der Waals surface area contributed by atoms with Crippen LogP contribution in [0.15, 0.2) is 24.3 Å². The molecule has 1 saturated heterocycles. The van der Waals surface area contributed by atoms with E-state index >= 15 is 0 Å². The van der Waals surface area contributed by atoms with E-state index in [2.05, 4.69) is 0 Å².